The van der Waals surface area contributed by atoms with Gasteiger partial charge in [0.1, 0.15) is 5.78 Å². The van der Waals surface area contributed by atoms with Crippen LogP contribution >= 0.6 is 0 Å². The lowest BCUT2D eigenvalue weighted by Gasteiger charge is -2.56. The van der Waals surface area contributed by atoms with E-state index in [1.807, 2.05) is 0 Å². The number of fused-ring (bicyclic) bond motifs is 5. The molecule has 3 fully saturated rings. The summed E-state index contributed by atoms with van der Waals surface area (Å²) >= 11 is 0. The first-order valence-corrected chi connectivity index (χ1v) is 8.53. The highest BCUT2D eigenvalue weighted by atomic mass is 16.1. The molecule has 0 aromatic heterocycles. The van der Waals surface area contributed by atoms with Crippen LogP contribution in [0.3, 0.4) is 0 Å². The molecular weight excluding hydrogens is 272 g/mol. The standard InChI is InChI=1S/C20H24O2/c1-12-10-14-15-4-5-18(22)20(15,3)9-7-16(14)19(2)8-6-13(21)11-17(12)19/h6,8,11,14-16H,1,4-5,7,9-10H2,2-3H3/t14-,15-,16-,19?,20?/m0/s1. The molecule has 0 aromatic carbocycles. The summed E-state index contributed by atoms with van der Waals surface area (Å²) < 4.78 is 0. The highest BCUT2D eigenvalue weighted by Gasteiger charge is 2.59. The molecule has 4 rings (SSSR count). The molecule has 22 heavy (non-hydrogen) atoms. The predicted molar refractivity (Wildman–Crippen MR) is 86.1 cm³/mol. The number of Topliss-reactive ketones (excluding diaryl/α,β-unsaturated/α-hetero) is 1. The summed E-state index contributed by atoms with van der Waals surface area (Å²) in [6, 6.07) is 0. The zero-order chi connectivity index (χ0) is 15.7. The van der Waals surface area contributed by atoms with Crippen molar-refractivity contribution in [2.45, 2.75) is 46.0 Å². The van der Waals surface area contributed by atoms with E-state index in [4.69, 9.17) is 0 Å². The normalized spacial score (nSPS) is 46.9. The predicted octanol–water partition coefficient (Wildman–Crippen LogP) is 4.03. The lowest BCUT2D eigenvalue weighted by atomic mass is 9.48. The summed E-state index contributed by atoms with van der Waals surface area (Å²) in [7, 11) is 0. The van der Waals surface area contributed by atoms with E-state index in [9.17, 15) is 9.59 Å². The van der Waals surface area contributed by atoms with Crippen molar-refractivity contribution in [3.63, 3.8) is 0 Å². The second kappa shape index (κ2) is 4.31. The van der Waals surface area contributed by atoms with Gasteiger partial charge in [0.05, 0.1) is 0 Å². The van der Waals surface area contributed by atoms with Crippen molar-refractivity contribution in [3.05, 3.63) is 36.0 Å². The maximum absolute atomic E-state index is 12.4. The van der Waals surface area contributed by atoms with Crippen LogP contribution in [0.4, 0.5) is 0 Å². The molecular formula is C20H24O2. The number of hydrogen-bond acceptors (Lipinski definition) is 2. The van der Waals surface area contributed by atoms with E-state index in [1.54, 1.807) is 12.2 Å². The van der Waals surface area contributed by atoms with Gasteiger partial charge in [-0.1, -0.05) is 32.1 Å². The Labute approximate surface area is 132 Å². The highest BCUT2D eigenvalue weighted by molar-refractivity contribution is 6.02. The molecule has 5 atom stereocenters. The van der Waals surface area contributed by atoms with Gasteiger partial charge in [0.2, 0.25) is 0 Å². The lowest BCUT2D eigenvalue weighted by Crippen LogP contribution is -2.50. The summed E-state index contributed by atoms with van der Waals surface area (Å²) in [6.45, 7) is 8.75. The van der Waals surface area contributed by atoms with Crippen molar-refractivity contribution >= 4 is 11.6 Å². The van der Waals surface area contributed by atoms with Gasteiger partial charge in [-0.3, -0.25) is 9.59 Å². The minimum atomic E-state index is -0.104. The molecule has 0 saturated heterocycles. The fraction of sp³-hybridized carbons (Fsp3) is 0.600. The summed E-state index contributed by atoms with van der Waals surface area (Å²) in [5.74, 6) is 2.14. The van der Waals surface area contributed by atoms with E-state index >= 15 is 0 Å². The average Bonchev–Trinajstić information content (AvgIpc) is 2.77. The molecule has 0 N–H and O–H groups in total. The van der Waals surface area contributed by atoms with E-state index in [1.165, 1.54) is 0 Å². The zero-order valence-electron chi connectivity index (χ0n) is 13.5. The van der Waals surface area contributed by atoms with Crippen molar-refractivity contribution in [2.75, 3.05) is 0 Å². The minimum absolute atomic E-state index is 0.0686. The van der Waals surface area contributed by atoms with Crippen LogP contribution < -0.4 is 0 Å². The van der Waals surface area contributed by atoms with E-state index in [0.29, 0.717) is 23.5 Å². The molecule has 2 heteroatoms. The Kier molecular flexibility index (Phi) is 2.77. The first-order valence-electron chi connectivity index (χ1n) is 8.53. The number of carbonyl (C=O) groups excluding carboxylic acids is 2. The fourth-order valence-corrected chi connectivity index (χ4v) is 5.98. The quantitative estimate of drug-likeness (QED) is 0.676. The monoisotopic (exact) mass is 296 g/mol. The van der Waals surface area contributed by atoms with E-state index in [2.05, 4.69) is 26.5 Å². The largest absolute Gasteiger partial charge is 0.299 e. The highest BCUT2D eigenvalue weighted by Crippen LogP contribution is 2.64. The molecule has 3 saturated carbocycles. The van der Waals surface area contributed by atoms with Crippen molar-refractivity contribution < 1.29 is 9.59 Å². The number of allylic oxidation sites excluding steroid dienone is 5. The molecule has 0 heterocycles. The van der Waals surface area contributed by atoms with Crippen LogP contribution in [0.5, 0.6) is 0 Å². The third-order valence-electron chi connectivity index (χ3n) is 7.24. The molecule has 2 unspecified atom stereocenters. The number of carbonyl (C=O) groups is 2. The van der Waals surface area contributed by atoms with Gasteiger partial charge in [-0.2, -0.15) is 0 Å². The van der Waals surface area contributed by atoms with Crippen LogP contribution in [-0.2, 0) is 9.59 Å². The van der Waals surface area contributed by atoms with Gasteiger partial charge in [-0.25, -0.2) is 0 Å². The Hall–Kier alpha value is -1.44. The summed E-state index contributed by atoms with van der Waals surface area (Å²) in [6.07, 6.45) is 10.5. The summed E-state index contributed by atoms with van der Waals surface area (Å²) in [5, 5.41) is 0. The Bertz CT molecular complexity index is 653. The number of hydrogen-bond donors (Lipinski definition) is 0. The van der Waals surface area contributed by atoms with Gasteiger partial charge in [0, 0.05) is 17.3 Å². The topological polar surface area (TPSA) is 34.1 Å². The summed E-state index contributed by atoms with van der Waals surface area (Å²) in [4.78, 5) is 24.2. The number of rotatable bonds is 0. The van der Waals surface area contributed by atoms with Gasteiger partial charge in [0.15, 0.2) is 5.78 Å². The van der Waals surface area contributed by atoms with Crippen molar-refractivity contribution in [3.8, 4) is 0 Å². The molecule has 0 bridgehead atoms. The Balaban J connectivity index is 1.78. The van der Waals surface area contributed by atoms with Crippen molar-refractivity contribution in [2.24, 2.45) is 28.6 Å². The van der Waals surface area contributed by atoms with Crippen LogP contribution in [-0.4, -0.2) is 11.6 Å². The Morgan fingerprint density at radius 3 is 2.73 bits per heavy atom. The second-order valence-electron chi connectivity index (χ2n) is 8.18. The van der Waals surface area contributed by atoms with E-state index < -0.39 is 0 Å². The smallest absolute Gasteiger partial charge is 0.178 e. The third-order valence-corrected chi connectivity index (χ3v) is 7.24. The molecule has 0 aromatic rings. The third kappa shape index (κ3) is 1.61. The van der Waals surface area contributed by atoms with E-state index in [0.717, 1.165) is 43.3 Å². The molecule has 0 amide bonds. The maximum atomic E-state index is 12.4. The van der Waals surface area contributed by atoms with Gasteiger partial charge in [-0.05, 0) is 61.2 Å². The molecule has 0 spiro atoms. The maximum Gasteiger partial charge on any atom is 0.178 e. The minimum Gasteiger partial charge on any atom is -0.299 e. The molecule has 0 aliphatic heterocycles. The second-order valence-corrected chi connectivity index (χ2v) is 8.18. The van der Waals surface area contributed by atoms with Crippen LogP contribution in [0, 0.1) is 28.6 Å². The SMILES string of the molecule is C=C1C[C@@H]2[C@H](CCC3(C)C(=O)CC[C@@H]23)C2(C)C=CC(=O)C=C12. The first kappa shape index (κ1) is 14.2. The van der Waals surface area contributed by atoms with Crippen molar-refractivity contribution in [1.29, 1.82) is 0 Å². The molecule has 4 aliphatic rings. The molecule has 4 aliphatic carbocycles. The zero-order valence-corrected chi connectivity index (χ0v) is 13.5. The van der Waals surface area contributed by atoms with Crippen LogP contribution in [0.1, 0.15) is 46.0 Å². The summed E-state index contributed by atoms with van der Waals surface area (Å²) in [5.41, 5.74) is 2.09. The Morgan fingerprint density at radius 2 is 1.95 bits per heavy atom. The lowest BCUT2D eigenvalue weighted by molar-refractivity contribution is -0.131. The van der Waals surface area contributed by atoms with Gasteiger partial charge in [-0.15, -0.1) is 0 Å². The van der Waals surface area contributed by atoms with Crippen molar-refractivity contribution in [1.82, 2.24) is 0 Å². The molecule has 2 nitrogen and oxygen atoms in total. The van der Waals surface area contributed by atoms with Gasteiger partial charge >= 0.3 is 0 Å². The Morgan fingerprint density at radius 1 is 1.18 bits per heavy atom. The molecule has 0 radical (unpaired) electrons. The average molecular weight is 296 g/mol. The number of ketones is 2. The fourth-order valence-electron chi connectivity index (χ4n) is 5.98. The molecule has 116 valence electrons. The van der Waals surface area contributed by atoms with Crippen LogP contribution in [0.15, 0.2) is 36.0 Å². The van der Waals surface area contributed by atoms with Crippen LogP contribution in [0.25, 0.3) is 0 Å². The van der Waals surface area contributed by atoms with Gasteiger partial charge < -0.3 is 0 Å². The first-order chi connectivity index (χ1) is 10.4. The van der Waals surface area contributed by atoms with Crippen LogP contribution in [0.2, 0.25) is 0 Å². The van der Waals surface area contributed by atoms with E-state index in [-0.39, 0.29) is 16.6 Å². The van der Waals surface area contributed by atoms with Gasteiger partial charge in [0.25, 0.3) is 0 Å².